The Hall–Kier alpha value is -1.37. The molecule has 2 heterocycles. The van der Waals surface area contributed by atoms with Gasteiger partial charge in [0.05, 0.1) is 5.69 Å². The minimum atomic E-state index is 0.0322. The van der Waals surface area contributed by atoms with Crippen LogP contribution in [0.15, 0.2) is 29.6 Å². The molecule has 1 fully saturated rings. The van der Waals surface area contributed by atoms with Crippen molar-refractivity contribution in [1.82, 2.24) is 10.3 Å². The van der Waals surface area contributed by atoms with Crippen LogP contribution >= 0.6 is 23.1 Å². The first-order valence-electron chi connectivity index (χ1n) is 7.34. The van der Waals surface area contributed by atoms with Crippen LogP contribution in [0.1, 0.15) is 12.0 Å². The molecule has 1 saturated heterocycles. The molecule has 1 aliphatic rings. The summed E-state index contributed by atoms with van der Waals surface area (Å²) in [6.45, 7) is 3.05. The lowest BCUT2D eigenvalue weighted by Crippen LogP contribution is -2.39. The van der Waals surface area contributed by atoms with Crippen molar-refractivity contribution in [2.24, 2.45) is 0 Å². The second-order valence-electron chi connectivity index (χ2n) is 5.38. The number of hydrogen-bond donors (Lipinski definition) is 2. The van der Waals surface area contributed by atoms with E-state index < -0.39 is 0 Å². The number of nitrogens with one attached hydrogen (secondary N) is 2. The summed E-state index contributed by atoms with van der Waals surface area (Å²) < 4.78 is 0. The van der Waals surface area contributed by atoms with Crippen LogP contribution in [0.4, 0.5) is 5.13 Å². The van der Waals surface area contributed by atoms with E-state index in [-0.39, 0.29) is 11.9 Å². The number of thiazole rings is 1. The third-order valence-electron chi connectivity index (χ3n) is 3.53. The maximum absolute atomic E-state index is 12.1. The number of thioether (sulfide) groups is 1. The number of aromatic nitrogens is 1. The minimum Gasteiger partial charge on any atom is -0.312 e. The van der Waals surface area contributed by atoms with E-state index in [1.54, 1.807) is 0 Å². The van der Waals surface area contributed by atoms with Gasteiger partial charge < -0.3 is 10.6 Å². The Labute approximate surface area is 138 Å². The highest BCUT2D eigenvalue weighted by Crippen LogP contribution is 2.25. The molecule has 0 aliphatic carbocycles. The SMILES string of the molecule is Cc1ccc(-c2csc(NC(=O)CC3CSCCN3)n2)cc1. The van der Waals surface area contributed by atoms with Crippen LogP contribution in [0.2, 0.25) is 0 Å². The lowest BCUT2D eigenvalue weighted by molar-refractivity contribution is -0.116. The van der Waals surface area contributed by atoms with Gasteiger partial charge in [-0.25, -0.2) is 4.98 Å². The van der Waals surface area contributed by atoms with Crippen LogP contribution in [0.25, 0.3) is 11.3 Å². The Kier molecular flexibility index (Phi) is 5.12. The van der Waals surface area contributed by atoms with Crippen molar-refractivity contribution < 1.29 is 4.79 Å². The van der Waals surface area contributed by atoms with Crippen molar-refractivity contribution in [3.8, 4) is 11.3 Å². The summed E-state index contributed by atoms with van der Waals surface area (Å²) in [7, 11) is 0. The van der Waals surface area contributed by atoms with Crippen molar-refractivity contribution in [2.45, 2.75) is 19.4 Å². The number of rotatable bonds is 4. The maximum Gasteiger partial charge on any atom is 0.227 e. The number of anilines is 1. The minimum absolute atomic E-state index is 0.0322. The zero-order valence-corrected chi connectivity index (χ0v) is 14.1. The van der Waals surface area contributed by atoms with Crippen molar-refractivity contribution in [2.75, 3.05) is 23.4 Å². The highest BCUT2D eigenvalue weighted by molar-refractivity contribution is 7.99. The topological polar surface area (TPSA) is 54.0 Å². The molecule has 2 aromatic rings. The van der Waals surface area contributed by atoms with Crippen LogP contribution in [0.3, 0.4) is 0 Å². The Bertz CT molecular complexity index is 633. The Balaban J connectivity index is 1.59. The first-order chi connectivity index (χ1) is 10.7. The standard InChI is InChI=1S/C16H19N3OS2/c1-11-2-4-12(5-3-11)14-10-22-16(18-14)19-15(20)8-13-9-21-7-6-17-13/h2-5,10,13,17H,6-9H2,1H3,(H,18,19,20). The molecule has 22 heavy (non-hydrogen) atoms. The molecule has 1 atom stereocenters. The van der Waals surface area contributed by atoms with Gasteiger partial charge in [0.15, 0.2) is 5.13 Å². The van der Waals surface area contributed by atoms with Crippen LogP contribution in [-0.2, 0) is 4.79 Å². The molecule has 1 unspecified atom stereocenters. The van der Waals surface area contributed by atoms with Crippen molar-refractivity contribution >= 4 is 34.1 Å². The fourth-order valence-corrected chi connectivity index (χ4v) is 4.02. The molecule has 1 aliphatic heterocycles. The highest BCUT2D eigenvalue weighted by atomic mass is 32.2. The Morgan fingerprint density at radius 2 is 2.23 bits per heavy atom. The van der Waals surface area contributed by atoms with Gasteiger partial charge in [-0.05, 0) is 6.92 Å². The molecule has 0 radical (unpaired) electrons. The van der Waals surface area contributed by atoms with E-state index in [0.29, 0.717) is 11.6 Å². The van der Waals surface area contributed by atoms with E-state index >= 15 is 0 Å². The first kappa shape index (κ1) is 15.5. The average Bonchev–Trinajstić information content (AvgIpc) is 2.97. The fraction of sp³-hybridized carbons (Fsp3) is 0.375. The van der Waals surface area contributed by atoms with E-state index in [2.05, 4.69) is 46.8 Å². The van der Waals surface area contributed by atoms with Crippen molar-refractivity contribution in [3.63, 3.8) is 0 Å². The summed E-state index contributed by atoms with van der Waals surface area (Å²) in [4.78, 5) is 16.6. The molecular weight excluding hydrogens is 314 g/mol. The van der Waals surface area contributed by atoms with Crippen LogP contribution < -0.4 is 10.6 Å². The number of carbonyl (C=O) groups excluding carboxylic acids is 1. The smallest absolute Gasteiger partial charge is 0.227 e. The number of amides is 1. The number of aryl methyl sites for hydroxylation is 1. The van der Waals surface area contributed by atoms with Crippen LogP contribution in [-0.4, -0.2) is 35.0 Å². The first-order valence-corrected chi connectivity index (χ1v) is 9.38. The Morgan fingerprint density at radius 1 is 1.41 bits per heavy atom. The summed E-state index contributed by atoms with van der Waals surface area (Å²) in [5.74, 6) is 2.16. The lowest BCUT2D eigenvalue weighted by Gasteiger charge is -2.22. The molecule has 0 spiro atoms. The largest absolute Gasteiger partial charge is 0.312 e. The fourth-order valence-electron chi connectivity index (χ4n) is 2.33. The number of carbonyl (C=O) groups is 1. The predicted octanol–water partition coefficient (Wildman–Crippen LogP) is 3.15. The number of benzene rings is 1. The second-order valence-corrected chi connectivity index (χ2v) is 7.39. The third kappa shape index (κ3) is 4.09. The summed E-state index contributed by atoms with van der Waals surface area (Å²) in [5.41, 5.74) is 3.21. The quantitative estimate of drug-likeness (QED) is 0.902. The molecule has 0 saturated carbocycles. The molecule has 4 nitrogen and oxygen atoms in total. The molecule has 1 amide bonds. The van der Waals surface area contributed by atoms with Gasteiger partial charge in [0.25, 0.3) is 0 Å². The third-order valence-corrected chi connectivity index (χ3v) is 5.42. The second kappa shape index (κ2) is 7.26. The van der Waals surface area contributed by atoms with Gasteiger partial charge in [-0.2, -0.15) is 11.8 Å². The van der Waals surface area contributed by atoms with Crippen LogP contribution in [0, 0.1) is 6.92 Å². The number of hydrogen-bond acceptors (Lipinski definition) is 5. The van der Waals surface area contributed by atoms with E-state index in [0.717, 1.165) is 29.3 Å². The van der Waals surface area contributed by atoms with Crippen molar-refractivity contribution in [1.29, 1.82) is 0 Å². The van der Waals surface area contributed by atoms with E-state index in [1.807, 2.05) is 17.1 Å². The molecule has 3 rings (SSSR count). The molecule has 116 valence electrons. The van der Waals surface area contributed by atoms with E-state index in [1.165, 1.54) is 16.9 Å². The molecule has 1 aromatic heterocycles. The zero-order chi connectivity index (χ0) is 15.4. The van der Waals surface area contributed by atoms with Gasteiger partial charge in [0.1, 0.15) is 0 Å². The van der Waals surface area contributed by atoms with Gasteiger partial charge >= 0.3 is 0 Å². The van der Waals surface area contributed by atoms with Gasteiger partial charge in [-0.1, -0.05) is 29.8 Å². The highest BCUT2D eigenvalue weighted by Gasteiger charge is 2.17. The predicted molar refractivity (Wildman–Crippen MR) is 94.6 cm³/mol. The monoisotopic (exact) mass is 333 g/mol. The zero-order valence-electron chi connectivity index (χ0n) is 12.5. The number of nitrogens with zero attached hydrogens (tertiary/aromatic N) is 1. The molecular formula is C16H19N3OS2. The Morgan fingerprint density at radius 3 is 2.95 bits per heavy atom. The van der Waals surface area contributed by atoms with Crippen molar-refractivity contribution in [3.05, 3.63) is 35.2 Å². The molecule has 0 bridgehead atoms. The molecule has 1 aromatic carbocycles. The summed E-state index contributed by atoms with van der Waals surface area (Å²) in [6, 6.07) is 8.52. The van der Waals surface area contributed by atoms with E-state index in [9.17, 15) is 4.79 Å². The van der Waals surface area contributed by atoms with Gasteiger partial charge in [0.2, 0.25) is 5.91 Å². The van der Waals surface area contributed by atoms with Gasteiger partial charge in [0, 0.05) is 41.5 Å². The normalized spacial score (nSPS) is 18.1. The molecule has 6 heteroatoms. The summed E-state index contributed by atoms with van der Waals surface area (Å²) in [6.07, 6.45) is 0.506. The van der Waals surface area contributed by atoms with E-state index in [4.69, 9.17) is 0 Å². The summed E-state index contributed by atoms with van der Waals surface area (Å²) in [5, 5.41) is 8.93. The van der Waals surface area contributed by atoms with Gasteiger partial charge in [-0.3, -0.25) is 4.79 Å². The average molecular weight is 333 g/mol. The summed E-state index contributed by atoms with van der Waals surface area (Å²) >= 11 is 3.37. The maximum atomic E-state index is 12.1. The van der Waals surface area contributed by atoms with Gasteiger partial charge in [-0.15, -0.1) is 11.3 Å². The van der Waals surface area contributed by atoms with Crippen LogP contribution in [0.5, 0.6) is 0 Å². The lowest BCUT2D eigenvalue weighted by atomic mass is 10.1. The molecule has 2 N–H and O–H groups in total.